The summed E-state index contributed by atoms with van der Waals surface area (Å²) >= 11 is 0. The van der Waals surface area contributed by atoms with E-state index in [0.717, 1.165) is 6.08 Å². The van der Waals surface area contributed by atoms with Crippen LogP contribution in [-0.4, -0.2) is 17.4 Å². The Morgan fingerprint density at radius 1 is 1.56 bits per heavy atom. The third-order valence-corrected chi connectivity index (χ3v) is 0.768. The van der Waals surface area contributed by atoms with E-state index in [1.807, 2.05) is 0 Å². The highest BCUT2D eigenvalue weighted by Crippen LogP contribution is 2.21. The molecule has 0 saturated heterocycles. The minimum Gasteiger partial charge on any atom is -0.383 e. The summed E-state index contributed by atoms with van der Waals surface area (Å²) in [5.74, 6) is 0. The van der Waals surface area contributed by atoms with Crippen molar-refractivity contribution in [3.05, 3.63) is 12.7 Å². The van der Waals surface area contributed by atoms with Crippen LogP contribution in [0.1, 0.15) is 6.42 Å². The van der Waals surface area contributed by atoms with Crippen molar-refractivity contribution in [1.29, 1.82) is 0 Å². The van der Waals surface area contributed by atoms with E-state index in [1.54, 1.807) is 0 Å². The van der Waals surface area contributed by atoms with Gasteiger partial charge in [-0.15, -0.1) is 6.58 Å². The molecule has 0 spiro atoms. The molecule has 0 aliphatic heterocycles. The molecule has 0 heterocycles. The SMILES string of the molecule is C=CC[C@H](O)C(F)(F)F. The zero-order chi connectivity index (χ0) is 7.49. The van der Waals surface area contributed by atoms with Gasteiger partial charge in [-0.25, -0.2) is 0 Å². The van der Waals surface area contributed by atoms with Crippen LogP contribution in [0.4, 0.5) is 13.2 Å². The fraction of sp³-hybridized carbons (Fsp3) is 0.600. The lowest BCUT2D eigenvalue weighted by atomic mass is 10.2. The summed E-state index contributed by atoms with van der Waals surface area (Å²) < 4.78 is 34.0. The molecule has 0 saturated carbocycles. The lowest BCUT2D eigenvalue weighted by Gasteiger charge is -2.10. The summed E-state index contributed by atoms with van der Waals surface area (Å²) in [6.07, 6.45) is -6.18. The Morgan fingerprint density at radius 2 is 2.00 bits per heavy atom. The molecule has 1 nitrogen and oxygen atoms in total. The molecule has 0 aliphatic carbocycles. The van der Waals surface area contributed by atoms with Gasteiger partial charge in [-0.2, -0.15) is 13.2 Å². The van der Waals surface area contributed by atoms with Crippen molar-refractivity contribution in [1.82, 2.24) is 0 Å². The molecular weight excluding hydrogens is 133 g/mol. The lowest BCUT2D eigenvalue weighted by Crippen LogP contribution is -2.27. The Hall–Kier alpha value is -0.510. The molecule has 0 bridgehead atoms. The number of hydrogen-bond acceptors (Lipinski definition) is 1. The van der Waals surface area contributed by atoms with E-state index < -0.39 is 18.7 Å². The predicted octanol–water partition coefficient (Wildman–Crippen LogP) is 1.49. The van der Waals surface area contributed by atoms with Crippen LogP contribution in [0.25, 0.3) is 0 Å². The van der Waals surface area contributed by atoms with E-state index in [9.17, 15) is 13.2 Å². The smallest absolute Gasteiger partial charge is 0.383 e. The summed E-state index contributed by atoms with van der Waals surface area (Å²) in [7, 11) is 0. The molecule has 0 radical (unpaired) electrons. The van der Waals surface area contributed by atoms with Crippen LogP contribution in [0.15, 0.2) is 12.7 Å². The van der Waals surface area contributed by atoms with E-state index in [4.69, 9.17) is 5.11 Å². The van der Waals surface area contributed by atoms with E-state index in [0.29, 0.717) is 0 Å². The van der Waals surface area contributed by atoms with Crippen molar-refractivity contribution < 1.29 is 18.3 Å². The predicted molar refractivity (Wildman–Crippen MR) is 26.9 cm³/mol. The van der Waals surface area contributed by atoms with Gasteiger partial charge in [0.2, 0.25) is 0 Å². The average Bonchev–Trinajstić information content (AvgIpc) is 1.64. The Labute approximate surface area is 50.8 Å². The summed E-state index contributed by atoms with van der Waals surface area (Å²) in [6, 6.07) is 0. The maximum atomic E-state index is 11.3. The van der Waals surface area contributed by atoms with E-state index in [-0.39, 0.29) is 0 Å². The van der Waals surface area contributed by atoms with Crippen molar-refractivity contribution in [2.45, 2.75) is 18.7 Å². The number of aliphatic hydroxyl groups is 1. The van der Waals surface area contributed by atoms with Gasteiger partial charge in [-0.1, -0.05) is 6.08 Å². The maximum Gasteiger partial charge on any atom is 0.414 e. The van der Waals surface area contributed by atoms with E-state index in [1.165, 1.54) is 0 Å². The van der Waals surface area contributed by atoms with Gasteiger partial charge in [0, 0.05) is 0 Å². The Balaban J connectivity index is 3.72. The molecule has 0 aromatic rings. The van der Waals surface area contributed by atoms with Crippen LogP contribution < -0.4 is 0 Å². The zero-order valence-electron chi connectivity index (χ0n) is 4.65. The Bertz CT molecular complexity index is 96.9. The molecule has 1 atom stereocenters. The minimum atomic E-state index is -4.51. The highest BCUT2D eigenvalue weighted by atomic mass is 19.4. The summed E-state index contributed by atoms with van der Waals surface area (Å²) in [5.41, 5.74) is 0. The van der Waals surface area contributed by atoms with Crippen molar-refractivity contribution in [2.24, 2.45) is 0 Å². The van der Waals surface area contributed by atoms with Crippen LogP contribution in [0.3, 0.4) is 0 Å². The average molecular weight is 140 g/mol. The van der Waals surface area contributed by atoms with Gasteiger partial charge in [0.05, 0.1) is 0 Å². The van der Waals surface area contributed by atoms with Gasteiger partial charge < -0.3 is 5.11 Å². The fourth-order valence-corrected chi connectivity index (χ4v) is 0.291. The lowest BCUT2D eigenvalue weighted by molar-refractivity contribution is -0.202. The third kappa shape index (κ3) is 3.13. The first-order valence-corrected chi connectivity index (χ1v) is 2.34. The van der Waals surface area contributed by atoms with Crippen LogP contribution in [-0.2, 0) is 0 Å². The number of halogens is 3. The number of hydrogen-bond donors (Lipinski definition) is 1. The molecule has 9 heavy (non-hydrogen) atoms. The molecule has 0 fully saturated rings. The van der Waals surface area contributed by atoms with Crippen molar-refractivity contribution in [3.8, 4) is 0 Å². The molecule has 0 rings (SSSR count). The molecule has 0 aromatic carbocycles. The molecule has 0 amide bonds. The Kier molecular flexibility index (Phi) is 2.70. The van der Waals surface area contributed by atoms with Gasteiger partial charge in [-0.3, -0.25) is 0 Å². The maximum absolute atomic E-state index is 11.3. The largest absolute Gasteiger partial charge is 0.414 e. The van der Waals surface area contributed by atoms with Gasteiger partial charge in [0.15, 0.2) is 6.10 Å². The monoisotopic (exact) mass is 140 g/mol. The van der Waals surface area contributed by atoms with Crippen LogP contribution in [0, 0.1) is 0 Å². The molecule has 0 unspecified atom stereocenters. The normalized spacial score (nSPS) is 15.1. The summed E-state index contributed by atoms with van der Waals surface area (Å²) in [5, 5.41) is 8.19. The van der Waals surface area contributed by atoms with Crippen LogP contribution in [0.2, 0.25) is 0 Å². The van der Waals surface area contributed by atoms with Crippen LogP contribution >= 0.6 is 0 Å². The number of rotatable bonds is 2. The minimum absolute atomic E-state index is 0.441. The summed E-state index contributed by atoms with van der Waals surface area (Å²) in [4.78, 5) is 0. The number of aliphatic hydroxyl groups excluding tert-OH is 1. The topological polar surface area (TPSA) is 20.2 Å². The van der Waals surface area contributed by atoms with Crippen molar-refractivity contribution in [3.63, 3.8) is 0 Å². The molecule has 54 valence electrons. The molecule has 0 aliphatic rings. The van der Waals surface area contributed by atoms with Crippen LogP contribution in [0.5, 0.6) is 0 Å². The summed E-state index contributed by atoms with van der Waals surface area (Å²) in [6.45, 7) is 3.05. The van der Waals surface area contributed by atoms with Gasteiger partial charge in [0.1, 0.15) is 0 Å². The second-order valence-electron chi connectivity index (χ2n) is 1.58. The Morgan fingerprint density at radius 3 is 2.11 bits per heavy atom. The molecule has 0 aromatic heterocycles. The van der Waals surface area contributed by atoms with Gasteiger partial charge in [-0.05, 0) is 6.42 Å². The van der Waals surface area contributed by atoms with Gasteiger partial charge >= 0.3 is 6.18 Å². The highest BCUT2D eigenvalue weighted by molar-refractivity contribution is 4.76. The second-order valence-corrected chi connectivity index (χ2v) is 1.58. The first-order chi connectivity index (χ1) is 3.98. The number of alkyl halides is 3. The van der Waals surface area contributed by atoms with E-state index in [2.05, 4.69) is 6.58 Å². The molecule has 1 N–H and O–H groups in total. The van der Waals surface area contributed by atoms with Crippen molar-refractivity contribution in [2.75, 3.05) is 0 Å². The second kappa shape index (κ2) is 2.87. The van der Waals surface area contributed by atoms with Crippen molar-refractivity contribution >= 4 is 0 Å². The first kappa shape index (κ1) is 8.49. The molecular formula is C5H7F3O. The third-order valence-electron chi connectivity index (χ3n) is 0.768. The molecule has 4 heteroatoms. The first-order valence-electron chi connectivity index (χ1n) is 2.34. The zero-order valence-corrected chi connectivity index (χ0v) is 4.65. The highest BCUT2D eigenvalue weighted by Gasteiger charge is 2.36. The standard InChI is InChI=1S/C5H7F3O/c1-2-3-4(9)5(6,7)8/h2,4,9H,1,3H2/t4-/m0/s1. The fourth-order valence-electron chi connectivity index (χ4n) is 0.291. The van der Waals surface area contributed by atoms with E-state index >= 15 is 0 Å². The van der Waals surface area contributed by atoms with Gasteiger partial charge in [0.25, 0.3) is 0 Å². The quantitative estimate of drug-likeness (QED) is 0.576.